The van der Waals surface area contributed by atoms with E-state index in [0.29, 0.717) is 27.8 Å². The van der Waals surface area contributed by atoms with Gasteiger partial charge in [0.2, 0.25) is 0 Å². The molecule has 0 atom stereocenters. The number of aromatic amines is 1. The molecule has 1 aromatic heterocycles. The fraction of sp³-hybridized carbons (Fsp3) is 0.250. The van der Waals surface area contributed by atoms with Gasteiger partial charge in [-0.2, -0.15) is 0 Å². The number of imidazole rings is 1. The fourth-order valence-corrected chi connectivity index (χ4v) is 4.10. The number of H-pyrrole nitrogens is 1. The van der Waals surface area contributed by atoms with Gasteiger partial charge in [0.05, 0.1) is 6.20 Å². The maximum absolute atomic E-state index is 12.9. The summed E-state index contributed by atoms with van der Waals surface area (Å²) in [7, 11) is 2.14. The molecule has 2 heterocycles. The first-order chi connectivity index (χ1) is 17.4. The third-order valence-corrected chi connectivity index (χ3v) is 6.43. The Morgan fingerprint density at radius 1 is 1.19 bits per heavy atom. The van der Waals surface area contributed by atoms with Gasteiger partial charge in [-0.3, -0.25) is 9.69 Å². The number of anilines is 1. The Kier molecular flexibility index (Phi) is 8.34. The van der Waals surface area contributed by atoms with Gasteiger partial charge in [-0.15, -0.1) is 0 Å². The minimum Gasteiger partial charge on any atom is -0.332 e. The highest BCUT2D eigenvalue weighted by Crippen LogP contribution is 2.23. The van der Waals surface area contributed by atoms with E-state index < -0.39 is 0 Å². The van der Waals surface area contributed by atoms with Gasteiger partial charge in [0.15, 0.2) is 0 Å². The molecule has 0 aliphatic carbocycles. The molecule has 3 aromatic rings. The molecule has 1 saturated heterocycles. The van der Waals surface area contributed by atoms with Gasteiger partial charge in [0, 0.05) is 60.8 Å². The zero-order chi connectivity index (χ0) is 25.5. The number of hydrogen-bond donors (Lipinski definition) is 3. The van der Waals surface area contributed by atoms with Crippen LogP contribution in [-0.2, 0) is 6.54 Å². The lowest BCUT2D eigenvalue weighted by Crippen LogP contribution is -2.43. The number of carbonyl (C=O) groups excluding carboxylic acids is 1. The molecule has 36 heavy (non-hydrogen) atoms. The van der Waals surface area contributed by atoms with Crippen LogP contribution in [0.4, 0.5) is 5.69 Å². The molecule has 3 N–H and O–H groups in total. The number of likely N-dealkylation sites (N-methyl/N-ethyl adjacent to an activating group) is 1. The zero-order valence-electron chi connectivity index (χ0n) is 20.4. The highest BCUT2D eigenvalue weighted by atomic mass is 35.5. The number of rotatable bonds is 6. The summed E-state index contributed by atoms with van der Waals surface area (Å²) in [6.45, 7) is 6.91. The average Bonchev–Trinajstić information content (AvgIpc) is 3.33. The second-order valence-corrected chi connectivity index (χ2v) is 9.23. The van der Waals surface area contributed by atoms with E-state index in [2.05, 4.69) is 44.0 Å². The Hall–Kier alpha value is -3.70. The quantitative estimate of drug-likeness (QED) is 0.345. The number of amides is 1. The van der Waals surface area contributed by atoms with E-state index in [-0.39, 0.29) is 5.91 Å². The van der Waals surface area contributed by atoms with Crippen molar-refractivity contribution in [2.75, 3.05) is 38.5 Å². The van der Waals surface area contributed by atoms with Crippen LogP contribution in [0.3, 0.4) is 0 Å². The number of carbonyl (C=O) groups is 1. The smallest absolute Gasteiger partial charge is 0.255 e. The topological polar surface area (TPSA) is 88.1 Å². The Labute approximate surface area is 216 Å². The lowest BCUT2D eigenvalue weighted by molar-refractivity contribution is 0.102. The van der Waals surface area contributed by atoms with Gasteiger partial charge >= 0.3 is 0 Å². The molecule has 4 rings (SSSR count). The third kappa shape index (κ3) is 6.70. The highest BCUT2D eigenvalue weighted by molar-refractivity contribution is 6.31. The minimum absolute atomic E-state index is 0.221. The van der Waals surface area contributed by atoms with E-state index in [9.17, 15) is 4.79 Å². The van der Waals surface area contributed by atoms with Crippen molar-refractivity contribution in [3.63, 3.8) is 0 Å². The summed E-state index contributed by atoms with van der Waals surface area (Å²) in [4.78, 5) is 24.9. The van der Waals surface area contributed by atoms with Crippen molar-refractivity contribution in [1.29, 1.82) is 5.41 Å². The maximum atomic E-state index is 12.9. The summed E-state index contributed by atoms with van der Waals surface area (Å²) in [6, 6.07) is 11.1. The number of aromatic nitrogens is 2. The summed E-state index contributed by atoms with van der Waals surface area (Å²) in [5.41, 5.74) is 4.61. The van der Waals surface area contributed by atoms with E-state index in [1.54, 1.807) is 30.5 Å². The van der Waals surface area contributed by atoms with Crippen molar-refractivity contribution in [2.45, 2.75) is 13.5 Å². The maximum Gasteiger partial charge on any atom is 0.255 e. The molecule has 0 saturated carbocycles. The number of nitrogens with zero attached hydrogens (tertiary/aromatic N) is 3. The zero-order valence-corrected chi connectivity index (χ0v) is 21.2. The van der Waals surface area contributed by atoms with Crippen molar-refractivity contribution in [1.82, 2.24) is 19.8 Å². The monoisotopic (exact) mass is 500 g/mol. The molecule has 1 fully saturated rings. The van der Waals surface area contributed by atoms with Gasteiger partial charge in [0.1, 0.15) is 11.5 Å². The predicted molar refractivity (Wildman–Crippen MR) is 146 cm³/mol. The van der Waals surface area contributed by atoms with Crippen molar-refractivity contribution >= 4 is 35.5 Å². The molecule has 0 bridgehead atoms. The largest absolute Gasteiger partial charge is 0.332 e. The summed E-state index contributed by atoms with van der Waals surface area (Å²) in [5.74, 6) is 6.57. The number of benzene rings is 2. The van der Waals surface area contributed by atoms with Crippen LogP contribution >= 0.6 is 11.6 Å². The molecule has 2 aromatic carbocycles. The van der Waals surface area contributed by atoms with Crippen LogP contribution in [0.5, 0.6) is 0 Å². The first kappa shape index (κ1) is 25.4. The van der Waals surface area contributed by atoms with Gasteiger partial charge in [-0.25, -0.2) is 4.98 Å². The number of halogens is 1. The Morgan fingerprint density at radius 3 is 2.75 bits per heavy atom. The Bertz CT molecular complexity index is 1340. The van der Waals surface area contributed by atoms with Gasteiger partial charge < -0.3 is 20.6 Å². The fourth-order valence-electron chi connectivity index (χ4n) is 3.86. The van der Waals surface area contributed by atoms with Crippen LogP contribution < -0.4 is 5.32 Å². The summed E-state index contributed by atoms with van der Waals surface area (Å²) in [5, 5.41) is 10.6. The average molecular weight is 501 g/mol. The van der Waals surface area contributed by atoms with Crippen molar-refractivity contribution in [3.8, 4) is 11.8 Å². The summed E-state index contributed by atoms with van der Waals surface area (Å²) >= 11 is 6.55. The second-order valence-electron chi connectivity index (χ2n) is 8.83. The normalized spacial score (nSPS) is 14.4. The van der Waals surface area contributed by atoms with Gasteiger partial charge in [-0.05, 0) is 67.4 Å². The number of aryl methyl sites for hydroxylation is 1. The number of allylic oxidation sites excluding steroid dienone is 1. The van der Waals surface area contributed by atoms with Gasteiger partial charge in [0.25, 0.3) is 5.91 Å². The first-order valence-corrected chi connectivity index (χ1v) is 12.1. The van der Waals surface area contributed by atoms with E-state index in [0.717, 1.165) is 49.4 Å². The van der Waals surface area contributed by atoms with Gasteiger partial charge in [-0.1, -0.05) is 29.7 Å². The van der Waals surface area contributed by atoms with Crippen LogP contribution in [0, 0.1) is 24.2 Å². The van der Waals surface area contributed by atoms with Crippen LogP contribution in [0.1, 0.15) is 38.6 Å². The SMILES string of the molecule is Cc1ccc(C(=O)Nc2ccc(CN3CCN(C)CC3)c(Cl)c2)cc1C#Cc1cnc(/C=C\C=N)[nH]1. The molecular formula is C28H29ClN6O. The van der Waals surface area contributed by atoms with E-state index in [4.69, 9.17) is 17.0 Å². The summed E-state index contributed by atoms with van der Waals surface area (Å²) < 4.78 is 0. The molecule has 1 aliphatic heterocycles. The third-order valence-electron chi connectivity index (χ3n) is 6.08. The number of piperazine rings is 1. The lowest BCUT2D eigenvalue weighted by Gasteiger charge is -2.32. The minimum atomic E-state index is -0.221. The molecule has 0 radical (unpaired) electrons. The standard InChI is InChI=1S/C28H29ClN6O/c1-20-5-6-22(16-21(20)7-10-25-18-31-27(32-25)4-3-11-30)28(36)33-24-9-8-23(26(29)17-24)19-35-14-12-34(2)13-15-35/h3-6,8-9,11,16-18,30H,12-15,19H2,1-2H3,(H,31,32)(H,33,36)/b4-3-,30-11?. The second kappa shape index (κ2) is 11.8. The van der Waals surface area contributed by atoms with E-state index >= 15 is 0 Å². The molecule has 7 nitrogen and oxygen atoms in total. The first-order valence-electron chi connectivity index (χ1n) is 11.8. The van der Waals surface area contributed by atoms with Crippen molar-refractivity contribution < 1.29 is 4.79 Å². The Morgan fingerprint density at radius 2 is 2.00 bits per heavy atom. The molecule has 184 valence electrons. The van der Waals surface area contributed by atoms with E-state index in [1.807, 2.05) is 31.2 Å². The number of hydrogen-bond acceptors (Lipinski definition) is 5. The molecule has 0 spiro atoms. The number of nitrogens with one attached hydrogen (secondary N) is 3. The molecule has 0 unspecified atom stereocenters. The van der Waals surface area contributed by atoms with E-state index in [1.165, 1.54) is 6.21 Å². The molecule has 1 aliphatic rings. The van der Waals surface area contributed by atoms with Crippen LogP contribution in [0.2, 0.25) is 5.02 Å². The lowest BCUT2D eigenvalue weighted by atomic mass is 10.0. The molecule has 8 heteroatoms. The molecular weight excluding hydrogens is 472 g/mol. The van der Waals surface area contributed by atoms with Crippen LogP contribution in [0.15, 0.2) is 48.7 Å². The molecule has 1 amide bonds. The van der Waals surface area contributed by atoms with Crippen molar-refractivity contribution in [3.05, 3.63) is 87.5 Å². The Balaban J connectivity index is 1.43. The van der Waals surface area contributed by atoms with Crippen LogP contribution in [0.25, 0.3) is 6.08 Å². The predicted octanol–water partition coefficient (Wildman–Crippen LogP) is 4.43. The highest BCUT2D eigenvalue weighted by Gasteiger charge is 2.16. The van der Waals surface area contributed by atoms with Crippen LogP contribution in [-0.4, -0.2) is 65.1 Å². The summed E-state index contributed by atoms with van der Waals surface area (Å²) in [6.07, 6.45) is 6.10. The van der Waals surface area contributed by atoms with Crippen molar-refractivity contribution in [2.24, 2.45) is 0 Å².